The summed E-state index contributed by atoms with van der Waals surface area (Å²) in [6, 6.07) is 6.06. The van der Waals surface area contributed by atoms with Gasteiger partial charge in [0, 0.05) is 11.9 Å². The molecule has 0 bridgehead atoms. The van der Waals surface area contributed by atoms with E-state index >= 15 is 0 Å². The Morgan fingerprint density at radius 3 is 3.14 bits per heavy atom. The summed E-state index contributed by atoms with van der Waals surface area (Å²) in [7, 11) is 0. The molecule has 3 nitrogen and oxygen atoms in total. The first-order valence-corrected chi connectivity index (χ1v) is 5.11. The van der Waals surface area contributed by atoms with E-state index in [0.29, 0.717) is 6.54 Å². The third-order valence-electron chi connectivity index (χ3n) is 1.98. The van der Waals surface area contributed by atoms with Gasteiger partial charge in [-0.05, 0) is 33.6 Å². The van der Waals surface area contributed by atoms with Crippen LogP contribution >= 0.6 is 15.9 Å². The molecule has 2 aromatic rings. The van der Waals surface area contributed by atoms with Crippen LogP contribution in [0.1, 0.15) is 5.56 Å². The maximum Gasteiger partial charge on any atom is 0.108 e. The average molecular weight is 252 g/mol. The summed E-state index contributed by atoms with van der Waals surface area (Å²) in [5.74, 6) is 0. The fraction of sp³-hybridized carbons (Fsp3) is 0.100. The summed E-state index contributed by atoms with van der Waals surface area (Å²) in [4.78, 5) is 0. The SMILES string of the molecule is NC/C=C/c1ccc2n[nH]c(Br)c2c1. The maximum absolute atomic E-state index is 5.38. The van der Waals surface area contributed by atoms with Crippen molar-refractivity contribution in [2.45, 2.75) is 0 Å². The van der Waals surface area contributed by atoms with E-state index in [4.69, 9.17) is 5.73 Å². The third-order valence-corrected chi connectivity index (χ3v) is 2.58. The van der Waals surface area contributed by atoms with Crippen molar-refractivity contribution in [2.75, 3.05) is 6.54 Å². The van der Waals surface area contributed by atoms with Gasteiger partial charge >= 0.3 is 0 Å². The summed E-state index contributed by atoms with van der Waals surface area (Å²) in [6.07, 6.45) is 3.92. The Bertz CT molecular complexity index is 473. The minimum atomic E-state index is 0.560. The van der Waals surface area contributed by atoms with Gasteiger partial charge in [-0.25, -0.2) is 0 Å². The zero-order chi connectivity index (χ0) is 9.97. The molecule has 72 valence electrons. The van der Waals surface area contributed by atoms with Crippen molar-refractivity contribution in [1.29, 1.82) is 0 Å². The first-order valence-electron chi connectivity index (χ1n) is 4.31. The number of hydrogen-bond donors (Lipinski definition) is 2. The van der Waals surface area contributed by atoms with Gasteiger partial charge in [0.2, 0.25) is 0 Å². The number of nitrogens with one attached hydrogen (secondary N) is 1. The molecular weight excluding hydrogens is 242 g/mol. The van der Waals surface area contributed by atoms with Crippen LogP contribution in [-0.2, 0) is 0 Å². The average Bonchev–Trinajstić information content (AvgIpc) is 2.57. The molecule has 0 saturated heterocycles. The second-order valence-electron chi connectivity index (χ2n) is 2.95. The van der Waals surface area contributed by atoms with E-state index in [1.54, 1.807) is 0 Å². The number of aromatic amines is 1. The van der Waals surface area contributed by atoms with Gasteiger partial charge in [0.1, 0.15) is 4.60 Å². The van der Waals surface area contributed by atoms with E-state index in [1.165, 1.54) is 0 Å². The number of H-pyrrole nitrogens is 1. The van der Waals surface area contributed by atoms with E-state index in [9.17, 15) is 0 Å². The normalized spacial score (nSPS) is 11.6. The molecule has 1 aromatic carbocycles. The molecule has 0 atom stereocenters. The van der Waals surface area contributed by atoms with Crippen molar-refractivity contribution in [3.05, 3.63) is 34.4 Å². The second-order valence-corrected chi connectivity index (χ2v) is 3.75. The van der Waals surface area contributed by atoms with Crippen molar-refractivity contribution in [1.82, 2.24) is 10.2 Å². The largest absolute Gasteiger partial charge is 0.327 e. The second kappa shape index (κ2) is 3.94. The number of nitrogens with zero attached hydrogens (tertiary/aromatic N) is 1. The van der Waals surface area contributed by atoms with Gasteiger partial charge in [0.05, 0.1) is 5.52 Å². The van der Waals surface area contributed by atoms with Gasteiger partial charge in [0.25, 0.3) is 0 Å². The molecule has 3 N–H and O–H groups in total. The maximum atomic E-state index is 5.38. The molecule has 0 aliphatic rings. The summed E-state index contributed by atoms with van der Waals surface area (Å²) in [5.41, 5.74) is 7.47. The third kappa shape index (κ3) is 1.71. The molecule has 14 heavy (non-hydrogen) atoms. The lowest BCUT2D eigenvalue weighted by Crippen LogP contribution is -1.91. The number of hydrogen-bond acceptors (Lipinski definition) is 2. The predicted octanol–water partition coefficient (Wildman–Crippen LogP) is 2.30. The Hall–Kier alpha value is -1.13. The van der Waals surface area contributed by atoms with Crippen LogP contribution in [0.3, 0.4) is 0 Å². The quantitative estimate of drug-likeness (QED) is 0.861. The standard InChI is InChI=1S/C10H10BrN3/c11-10-8-6-7(2-1-5-12)3-4-9(8)13-14-10/h1-4,6H,5,12H2,(H,13,14)/b2-1+. The molecule has 0 aliphatic carbocycles. The van der Waals surface area contributed by atoms with Gasteiger partial charge in [-0.1, -0.05) is 18.2 Å². The Balaban J connectivity index is 2.49. The molecule has 0 saturated carbocycles. The topological polar surface area (TPSA) is 54.7 Å². The molecule has 0 amide bonds. The highest BCUT2D eigenvalue weighted by Crippen LogP contribution is 2.22. The zero-order valence-corrected chi connectivity index (χ0v) is 9.08. The number of nitrogens with two attached hydrogens (primary N) is 1. The van der Waals surface area contributed by atoms with Gasteiger partial charge in [-0.3, -0.25) is 5.10 Å². The highest BCUT2D eigenvalue weighted by atomic mass is 79.9. The Morgan fingerprint density at radius 2 is 2.36 bits per heavy atom. The summed E-state index contributed by atoms with van der Waals surface area (Å²) in [5, 5.41) is 8.08. The van der Waals surface area contributed by atoms with Crippen LogP contribution < -0.4 is 5.73 Å². The molecule has 2 rings (SSSR count). The number of rotatable bonds is 2. The van der Waals surface area contributed by atoms with Gasteiger partial charge in [0.15, 0.2) is 0 Å². The number of aromatic nitrogens is 2. The molecule has 0 spiro atoms. The molecule has 1 heterocycles. The van der Waals surface area contributed by atoms with Crippen LogP contribution in [0.2, 0.25) is 0 Å². The van der Waals surface area contributed by atoms with Gasteiger partial charge in [-0.15, -0.1) is 0 Å². The number of fused-ring (bicyclic) bond motifs is 1. The zero-order valence-electron chi connectivity index (χ0n) is 7.50. The minimum absolute atomic E-state index is 0.560. The lowest BCUT2D eigenvalue weighted by atomic mass is 10.1. The number of halogens is 1. The van der Waals surface area contributed by atoms with Crippen molar-refractivity contribution in [3.8, 4) is 0 Å². The predicted molar refractivity (Wildman–Crippen MR) is 61.9 cm³/mol. The molecule has 1 aromatic heterocycles. The van der Waals surface area contributed by atoms with Crippen LogP contribution in [0.25, 0.3) is 17.0 Å². The smallest absolute Gasteiger partial charge is 0.108 e. The molecule has 4 heteroatoms. The summed E-state index contributed by atoms with van der Waals surface area (Å²) >= 11 is 3.40. The highest BCUT2D eigenvalue weighted by molar-refractivity contribution is 9.10. The van der Waals surface area contributed by atoms with E-state index < -0.39 is 0 Å². The first-order chi connectivity index (χ1) is 6.81. The first kappa shape index (κ1) is 9.43. The van der Waals surface area contributed by atoms with Crippen LogP contribution in [0.4, 0.5) is 0 Å². The number of benzene rings is 1. The lowest BCUT2D eigenvalue weighted by molar-refractivity contribution is 1.10. The van der Waals surface area contributed by atoms with Crippen LogP contribution in [0.5, 0.6) is 0 Å². The van der Waals surface area contributed by atoms with Crippen molar-refractivity contribution < 1.29 is 0 Å². The Labute approximate surface area is 90.1 Å². The lowest BCUT2D eigenvalue weighted by Gasteiger charge is -1.93. The Morgan fingerprint density at radius 1 is 1.50 bits per heavy atom. The summed E-state index contributed by atoms with van der Waals surface area (Å²) in [6.45, 7) is 0.560. The van der Waals surface area contributed by atoms with Gasteiger partial charge < -0.3 is 5.73 Å². The van der Waals surface area contributed by atoms with Crippen LogP contribution in [0, 0.1) is 0 Å². The van der Waals surface area contributed by atoms with E-state index in [-0.39, 0.29) is 0 Å². The highest BCUT2D eigenvalue weighted by Gasteiger charge is 2.01. The molecule has 0 fully saturated rings. The fourth-order valence-electron chi connectivity index (χ4n) is 1.30. The van der Waals surface area contributed by atoms with E-state index in [0.717, 1.165) is 21.1 Å². The monoisotopic (exact) mass is 251 g/mol. The fourth-order valence-corrected chi connectivity index (χ4v) is 1.71. The molecule has 0 radical (unpaired) electrons. The Kier molecular flexibility index (Phi) is 2.65. The van der Waals surface area contributed by atoms with Crippen molar-refractivity contribution in [2.24, 2.45) is 5.73 Å². The van der Waals surface area contributed by atoms with E-state index in [1.807, 2.05) is 24.3 Å². The van der Waals surface area contributed by atoms with Crippen molar-refractivity contribution >= 4 is 32.9 Å². The van der Waals surface area contributed by atoms with Crippen LogP contribution in [-0.4, -0.2) is 16.7 Å². The van der Waals surface area contributed by atoms with Gasteiger partial charge in [-0.2, -0.15) is 5.10 Å². The summed E-state index contributed by atoms with van der Waals surface area (Å²) < 4.78 is 0.912. The molecule has 0 unspecified atom stereocenters. The van der Waals surface area contributed by atoms with Crippen LogP contribution in [0.15, 0.2) is 28.9 Å². The minimum Gasteiger partial charge on any atom is -0.327 e. The molecule has 0 aliphatic heterocycles. The molecular formula is C10H10BrN3. The van der Waals surface area contributed by atoms with E-state index in [2.05, 4.69) is 32.2 Å². The van der Waals surface area contributed by atoms with Crippen molar-refractivity contribution in [3.63, 3.8) is 0 Å².